The van der Waals surface area contributed by atoms with Crippen LogP contribution in [-0.2, 0) is 25.4 Å². The summed E-state index contributed by atoms with van der Waals surface area (Å²) in [6.45, 7) is 1.04. The number of fused-ring (bicyclic) bond motifs is 3. The Morgan fingerprint density at radius 1 is 0.967 bits per heavy atom. The molecule has 1 unspecified atom stereocenters. The van der Waals surface area contributed by atoms with Crippen LogP contribution in [0.3, 0.4) is 0 Å². The lowest BCUT2D eigenvalue weighted by atomic mass is 10.0. The van der Waals surface area contributed by atoms with Crippen LogP contribution in [-0.4, -0.2) is 25.4 Å². The zero-order chi connectivity index (χ0) is 21.0. The van der Waals surface area contributed by atoms with Gasteiger partial charge in [-0.05, 0) is 23.3 Å². The van der Waals surface area contributed by atoms with Crippen molar-refractivity contribution >= 4 is 10.9 Å². The maximum Gasteiger partial charge on any atom is 0.331 e. The number of aryl methyl sites for hydroxylation is 1. The molecule has 2 aromatic heterocycles. The molecule has 0 spiro atoms. The van der Waals surface area contributed by atoms with Crippen molar-refractivity contribution in [2.75, 3.05) is 6.61 Å². The van der Waals surface area contributed by atoms with E-state index in [4.69, 9.17) is 4.74 Å². The highest BCUT2D eigenvalue weighted by Gasteiger charge is 2.32. The molecule has 1 N–H and O–H groups in total. The Labute approximate surface area is 172 Å². The molecule has 5 rings (SSSR count). The van der Waals surface area contributed by atoms with Gasteiger partial charge in [0, 0.05) is 20.6 Å². The molecule has 152 valence electrons. The molecule has 0 radical (unpaired) electrons. The molecule has 2 aromatic carbocycles. The van der Waals surface area contributed by atoms with Gasteiger partial charge >= 0.3 is 5.69 Å². The zero-order valence-electron chi connectivity index (χ0n) is 16.7. The Morgan fingerprint density at radius 3 is 2.37 bits per heavy atom. The van der Waals surface area contributed by atoms with Crippen LogP contribution in [0, 0.1) is 0 Å². The highest BCUT2D eigenvalue weighted by Crippen LogP contribution is 2.40. The molecule has 0 amide bonds. The predicted octanol–water partition coefficient (Wildman–Crippen LogP) is 2.53. The van der Waals surface area contributed by atoms with Gasteiger partial charge in [-0.15, -0.1) is 0 Å². The fraction of sp³-hybridized carbons (Fsp3) is 0.217. The number of rotatable bonds is 2. The third kappa shape index (κ3) is 2.55. The number of benzene rings is 2. The SMILES string of the molecule is Cn1c(=O)c2c(-c3ccccc3)n3c(c2n(C)c1=O)C(c1ccc(O)cc1)OCC3. The standard InChI is InChI=1S/C23H21N3O4/c1-24-19-17(22(28)25(2)23(24)29)18(14-6-4-3-5-7-14)26-12-13-30-21(20(19)26)15-8-10-16(27)11-9-15/h3-11,21,27H,12-13H2,1-2H3. The summed E-state index contributed by atoms with van der Waals surface area (Å²) in [5, 5.41) is 10.2. The first-order valence-electron chi connectivity index (χ1n) is 9.77. The minimum atomic E-state index is -0.461. The van der Waals surface area contributed by atoms with Gasteiger partial charge in [0.2, 0.25) is 0 Å². The number of hydrogen-bond acceptors (Lipinski definition) is 4. The van der Waals surface area contributed by atoms with E-state index in [0.29, 0.717) is 24.1 Å². The van der Waals surface area contributed by atoms with Crippen LogP contribution in [0.2, 0.25) is 0 Å². The molecule has 3 heterocycles. The molecule has 1 atom stereocenters. The van der Waals surface area contributed by atoms with Crippen LogP contribution in [0.15, 0.2) is 64.2 Å². The van der Waals surface area contributed by atoms with E-state index in [1.165, 1.54) is 11.6 Å². The van der Waals surface area contributed by atoms with E-state index < -0.39 is 6.10 Å². The maximum atomic E-state index is 13.3. The average Bonchev–Trinajstić information content (AvgIpc) is 3.13. The highest BCUT2D eigenvalue weighted by molar-refractivity contribution is 5.96. The molecule has 4 aromatic rings. The summed E-state index contributed by atoms with van der Waals surface area (Å²) < 4.78 is 10.9. The van der Waals surface area contributed by atoms with E-state index in [1.54, 1.807) is 31.3 Å². The average molecular weight is 403 g/mol. The minimum Gasteiger partial charge on any atom is -0.508 e. The second-order valence-electron chi connectivity index (χ2n) is 7.52. The molecule has 7 nitrogen and oxygen atoms in total. The van der Waals surface area contributed by atoms with Crippen molar-refractivity contribution < 1.29 is 9.84 Å². The van der Waals surface area contributed by atoms with Gasteiger partial charge in [-0.2, -0.15) is 0 Å². The van der Waals surface area contributed by atoms with Gasteiger partial charge in [0.15, 0.2) is 0 Å². The molecule has 0 bridgehead atoms. The molecule has 0 aliphatic carbocycles. The van der Waals surface area contributed by atoms with Crippen molar-refractivity contribution in [2.24, 2.45) is 14.1 Å². The predicted molar refractivity (Wildman–Crippen MR) is 114 cm³/mol. The first-order valence-corrected chi connectivity index (χ1v) is 9.77. The Balaban J connectivity index is 1.94. The van der Waals surface area contributed by atoms with Crippen molar-refractivity contribution in [3.8, 4) is 17.0 Å². The molecule has 0 saturated heterocycles. The zero-order valence-corrected chi connectivity index (χ0v) is 16.7. The molecule has 0 fully saturated rings. The number of hydrogen-bond donors (Lipinski definition) is 1. The van der Waals surface area contributed by atoms with Gasteiger partial charge < -0.3 is 14.4 Å². The summed E-state index contributed by atoms with van der Waals surface area (Å²) in [6, 6.07) is 16.6. The lowest BCUT2D eigenvalue weighted by molar-refractivity contribution is 0.0478. The molecule has 1 aliphatic rings. The Hall–Kier alpha value is -3.58. The van der Waals surface area contributed by atoms with Gasteiger partial charge in [-0.1, -0.05) is 42.5 Å². The third-order valence-corrected chi connectivity index (χ3v) is 5.80. The first-order chi connectivity index (χ1) is 14.5. The molecule has 1 aliphatic heterocycles. The summed E-state index contributed by atoms with van der Waals surface area (Å²) in [4.78, 5) is 26.0. The smallest absolute Gasteiger partial charge is 0.331 e. The number of ether oxygens (including phenoxy) is 1. The van der Waals surface area contributed by atoms with Crippen LogP contribution >= 0.6 is 0 Å². The number of phenolic OH excluding ortho intramolecular Hbond substituents is 1. The first kappa shape index (κ1) is 18.4. The second-order valence-corrected chi connectivity index (χ2v) is 7.52. The molecule has 7 heteroatoms. The normalized spacial score (nSPS) is 16.0. The minimum absolute atomic E-state index is 0.168. The van der Waals surface area contributed by atoms with Crippen LogP contribution in [0.5, 0.6) is 5.75 Å². The molecule has 0 saturated carbocycles. The summed E-state index contributed by atoms with van der Waals surface area (Å²) >= 11 is 0. The Bertz CT molecular complexity index is 1380. The summed E-state index contributed by atoms with van der Waals surface area (Å²) in [6.07, 6.45) is -0.461. The fourth-order valence-corrected chi connectivity index (χ4v) is 4.38. The van der Waals surface area contributed by atoms with Crippen molar-refractivity contribution in [2.45, 2.75) is 12.6 Å². The van der Waals surface area contributed by atoms with E-state index in [-0.39, 0.29) is 17.0 Å². The lowest BCUT2D eigenvalue weighted by Crippen LogP contribution is -2.37. The summed E-state index contributed by atoms with van der Waals surface area (Å²) in [5.41, 5.74) is 3.22. The number of aromatic nitrogens is 3. The third-order valence-electron chi connectivity index (χ3n) is 5.80. The Kier molecular flexibility index (Phi) is 4.15. The van der Waals surface area contributed by atoms with E-state index in [1.807, 2.05) is 30.3 Å². The summed E-state index contributed by atoms with van der Waals surface area (Å²) in [5.74, 6) is 0.168. The van der Waals surface area contributed by atoms with Gasteiger partial charge in [-0.25, -0.2) is 4.79 Å². The van der Waals surface area contributed by atoms with Gasteiger partial charge in [0.25, 0.3) is 5.56 Å². The van der Waals surface area contributed by atoms with Gasteiger partial charge in [0.1, 0.15) is 11.9 Å². The quantitative estimate of drug-likeness (QED) is 0.558. The number of aromatic hydroxyl groups is 1. The van der Waals surface area contributed by atoms with Gasteiger partial charge in [-0.3, -0.25) is 13.9 Å². The lowest BCUT2D eigenvalue weighted by Gasteiger charge is -2.27. The van der Waals surface area contributed by atoms with Gasteiger partial charge in [0.05, 0.1) is 28.9 Å². The van der Waals surface area contributed by atoms with Crippen LogP contribution in [0.25, 0.3) is 22.2 Å². The van der Waals surface area contributed by atoms with Crippen molar-refractivity contribution in [3.05, 3.63) is 86.7 Å². The van der Waals surface area contributed by atoms with Crippen molar-refractivity contribution in [3.63, 3.8) is 0 Å². The summed E-state index contributed by atoms with van der Waals surface area (Å²) in [7, 11) is 3.19. The Morgan fingerprint density at radius 2 is 1.67 bits per heavy atom. The highest BCUT2D eigenvalue weighted by atomic mass is 16.5. The van der Waals surface area contributed by atoms with Crippen LogP contribution in [0.1, 0.15) is 17.4 Å². The van der Waals surface area contributed by atoms with Crippen LogP contribution < -0.4 is 11.2 Å². The van der Waals surface area contributed by atoms with E-state index in [2.05, 4.69) is 4.57 Å². The van der Waals surface area contributed by atoms with Crippen molar-refractivity contribution in [1.29, 1.82) is 0 Å². The van der Waals surface area contributed by atoms with E-state index in [9.17, 15) is 14.7 Å². The topological polar surface area (TPSA) is 78.4 Å². The molecular formula is C23H21N3O4. The maximum absolute atomic E-state index is 13.3. The van der Waals surface area contributed by atoms with E-state index in [0.717, 1.165) is 27.1 Å². The fourth-order valence-electron chi connectivity index (χ4n) is 4.38. The molecule has 30 heavy (non-hydrogen) atoms. The van der Waals surface area contributed by atoms with Crippen LogP contribution in [0.4, 0.5) is 0 Å². The molecular weight excluding hydrogens is 382 g/mol. The largest absolute Gasteiger partial charge is 0.508 e. The van der Waals surface area contributed by atoms with Crippen molar-refractivity contribution in [1.82, 2.24) is 13.7 Å². The second kappa shape index (κ2) is 6.74. The van der Waals surface area contributed by atoms with E-state index >= 15 is 0 Å². The number of phenols is 1. The monoisotopic (exact) mass is 403 g/mol. The number of nitrogens with zero attached hydrogens (tertiary/aromatic N) is 3.